The van der Waals surface area contributed by atoms with Crippen LogP contribution >= 0.6 is 0 Å². The molecule has 0 spiro atoms. The average molecular weight is 219 g/mol. The van der Waals surface area contributed by atoms with Crippen LogP contribution in [0.3, 0.4) is 0 Å². The molecule has 2 nitrogen and oxygen atoms in total. The van der Waals surface area contributed by atoms with Crippen molar-refractivity contribution in [2.45, 2.75) is 26.7 Å². The molecule has 0 aromatic heterocycles. The average Bonchev–Trinajstić information content (AvgIpc) is 2.29. The maximum absolute atomic E-state index is 5.39. The van der Waals surface area contributed by atoms with Crippen molar-refractivity contribution in [3.63, 3.8) is 0 Å². The number of nitrogens with zero attached hydrogens (tertiary/aromatic N) is 1. The first-order valence-corrected chi connectivity index (χ1v) is 6.11. The van der Waals surface area contributed by atoms with Gasteiger partial charge in [0.15, 0.2) is 0 Å². The molecule has 1 saturated heterocycles. The maximum Gasteiger partial charge on any atom is 0.0642 e. The minimum Gasteiger partial charge on any atom is -0.378 e. The molecule has 1 aliphatic heterocycles. The lowest BCUT2D eigenvalue weighted by Crippen LogP contribution is -2.36. The van der Waals surface area contributed by atoms with Crippen LogP contribution in [0.1, 0.15) is 30.9 Å². The quantitative estimate of drug-likeness (QED) is 0.758. The SMILES string of the molecule is Cc1cc(C(C)C)cc(N2CCOCC2)c1. The smallest absolute Gasteiger partial charge is 0.0642 e. The van der Waals surface area contributed by atoms with Gasteiger partial charge in [0.2, 0.25) is 0 Å². The maximum atomic E-state index is 5.39. The van der Waals surface area contributed by atoms with Gasteiger partial charge in [0.1, 0.15) is 0 Å². The van der Waals surface area contributed by atoms with Crippen molar-refractivity contribution in [2.24, 2.45) is 0 Å². The van der Waals surface area contributed by atoms with E-state index in [-0.39, 0.29) is 0 Å². The number of hydrogen-bond acceptors (Lipinski definition) is 2. The summed E-state index contributed by atoms with van der Waals surface area (Å²) in [5.74, 6) is 0.597. The van der Waals surface area contributed by atoms with Crippen LogP contribution in [0.4, 0.5) is 5.69 Å². The molecule has 0 amide bonds. The number of ether oxygens (including phenoxy) is 1. The molecule has 0 bridgehead atoms. The fraction of sp³-hybridized carbons (Fsp3) is 0.571. The van der Waals surface area contributed by atoms with Crippen LogP contribution in [0.25, 0.3) is 0 Å². The molecule has 2 rings (SSSR count). The third kappa shape index (κ3) is 2.56. The van der Waals surface area contributed by atoms with Crippen LogP contribution in [-0.2, 0) is 4.74 Å². The standard InChI is InChI=1S/C14H21NO/c1-11(2)13-8-12(3)9-14(10-13)15-4-6-16-7-5-15/h8-11H,4-7H2,1-3H3. The van der Waals surface area contributed by atoms with Crippen LogP contribution < -0.4 is 4.90 Å². The Morgan fingerprint density at radius 2 is 1.81 bits per heavy atom. The Bertz CT molecular complexity index is 354. The van der Waals surface area contributed by atoms with E-state index in [1.54, 1.807) is 0 Å². The fourth-order valence-electron chi connectivity index (χ4n) is 2.13. The highest BCUT2D eigenvalue weighted by Gasteiger charge is 2.12. The molecule has 0 unspecified atom stereocenters. The lowest BCUT2D eigenvalue weighted by atomic mass is 10.00. The topological polar surface area (TPSA) is 12.5 Å². The van der Waals surface area contributed by atoms with Crippen molar-refractivity contribution in [3.05, 3.63) is 29.3 Å². The second kappa shape index (κ2) is 4.88. The summed E-state index contributed by atoms with van der Waals surface area (Å²) in [6.07, 6.45) is 0. The number of hydrogen-bond donors (Lipinski definition) is 0. The van der Waals surface area contributed by atoms with E-state index < -0.39 is 0 Å². The number of morpholine rings is 1. The van der Waals surface area contributed by atoms with E-state index in [9.17, 15) is 0 Å². The van der Waals surface area contributed by atoms with Crippen LogP contribution in [0.15, 0.2) is 18.2 Å². The molecular formula is C14H21NO. The minimum absolute atomic E-state index is 0.597. The van der Waals surface area contributed by atoms with Crippen molar-refractivity contribution in [2.75, 3.05) is 31.2 Å². The number of benzene rings is 1. The molecule has 1 fully saturated rings. The van der Waals surface area contributed by atoms with Crippen LogP contribution in [0, 0.1) is 6.92 Å². The second-order valence-electron chi connectivity index (χ2n) is 4.86. The van der Waals surface area contributed by atoms with Gasteiger partial charge in [-0.3, -0.25) is 0 Å². The summed E-state index contributed by atoms with van der Waals surface area (Å²) in [4.78, 5) is 2.42. The van der Waals surface area contributed by atoms with E-state index in [2.05, 4.69) is 43.9 Å². The van der Waals surface area contributed by atoms with Crippen molar-refractivity contribution in [1.29, 1.82) is 0 Å². The fourth-order valence-corrected chi connectivity index (χ4v) is 2.13. The predicted octanol–water partition coefficient (Wildman–Crippen LogP) is 2.96. The molecular weight excluding hydrogens is 198 g/mol. The molecule has 88 valence electrons. The van der Waals surface area contributed by atoms with Gasteiger partial charge in [0.25, 0.3) is 0 Å². The molecule has 0 radical (unpaired) electrons. The van der Waals surface area contributed by atoms with Gasteiger partial charge in [0, 0.05) is 18.8 Å². The highest BCUT2D eigenvalue weighted by molar-refractivity contribution is 5.52. The molecule has 1 aromatic carbocycles. The van der Waals surface area contributed by atoms with Gasteiger partial charge in [-0.2, -0.15) is 0 Å². The van der Waals surface area contributed by atoms with Gasteiger partial charge in [-0.1, -0.05) is 19.9 Å². The Morgan fingerprint density at radius 1 is 1.12 bits per heavy atom. The zero-order chi connectivity index (χ0) is 11.5. The zero-order valence-corrected chi connectivity index (χ0v) is 10.5. The van der Waals surface area contributed by atoms with Gasteiger partial charge >= 0.3 is 0 Å². The van der Waals surface area contributed by atoms with Gasteiger partial charge < -0.3 is 9.64 Å². The summed E-state index contributed by atoms with van der Waals surface area (Å²) < 4.78 is 5.39. The number of rotatable bonds is 2. The van der Waals surface area contributed by atoms with Crippen LogP contribution in [0.5, 0.6) is 0 Å². The molecule has 0 saturated carbocycles. The third-order valence-corrected chi connectivity index (χ3v) is 3.13. The van der Waals surface area contributed by atoms with E-state index >= 15 is 0 Å². The molecule has 16 heavy (non-hydrogen) atoms. The number of aryl methyl sites for hydroxylation is 1. The van der Waals surface area contributed by atoms with Crippen LogP contribution in [-0.4, -0.2) is 26.3 Å². The lowest BCUT2D eigenvalue weighted by molar-refractivity contribution is 0.122. The first-order valence-electron chi connectivity index (χ1n) is 6.11. The monoisotopic (exact) mass is 219 g/mol. The van der Waals surface area contributed by atoms with E-state index in [0.717, 1.165) is 26.3 Å². The number of anilines is 1. The van der Waals surface area contributed by atoms with E-state index in [0.29, 0.717) is 5.92 Å². The lowest BCUT2D eigenvalue weighted by Gasteiger charge is -2.29. The normalized spacial score (nSPS) is 16.9. The Labute approximate surface area is 98.2 Å². The van der Waals surface area contributed by atoms with Gasteiger partial charge in [0.05, 0.1) is 13.2 Å². The van der Waals surface area contributed by atoms with Gasteiger partial charge in [-0.15, -0.1) is 0 Å². The first-order chi connectivity index (χ1) is 7.66. The second-order valence-corrected chi connectivity index (χ2v) is 4.86. The van der Waals surface area contributed by atoms with E-state index in [4.69, 9.17) is 4.74 Å². The highest BCUT2D eigenvalue weighted by Crippen LogP contribution is 2.24. The van der Waals surface area contributed by atoms with E-state index in [1.807, 2.05) is 0 Å². The van der Waals surface area contributed by atoms with Crippen molar-refractivity contribution >= 4 is 5.69 Å². The molecule has 0 aliphatic carbocycles. The Morgan fingerprint density at radius 3 is 2.44 bits per heavy atom. The summed E-state index contributed by atoms with van der Waals surface area (Å²) in [5, 5.41) is 0. The zero-order valence-electron chi connectivity index (χ0n) is 10.5. The predicted molar refractivity (Wildman–Crippen MR) is 68.3 cm³/mol. The van der Waals surface area contributed by atoms with Crippen molar-refractivity contribution in [1.82, 2.24) is 0 Å². The summed E-state index contributed by atoms with van der Waals surface area (Å²) in [6.45, 7) is 10.4. The Hall–Kier alpha value is -1.02. The summed E-state index contributed by atoms with van der Waals surface area (Å²) in [6, 6.07) is 6.88. The molecule has 1 aromatic rings. The van der Waals surface area contributed by atoms with E-state index in [1.165, 1.54) is 16.8 Å². The molecule has 1 aliphatic rings. The Kier molecular flexibility index (Phi) is 3.49. The molecule has 2 heteroatoms. The third-order valence-electron chi connectivity index (χ3n) is 3.13. The van der Waals surface area contributed by atoms with Gasteiger partial charge in [-0.05, 0) is 36.1 Å². The molecule has 0 N–H and O–H groups in total. The van der Waals surface area contributed by atoms with Crippen molar-refractivity contribution in [3.8, 4) is 0 Å². The van der Waals surface area contributed by atoms with Crippen LogP contribution in [0.2, 0.25) is 0 Å². The van der Waals surface area contributed by atoms with Gasteiger partial charge in [-0.25, -0.2) is 0 Å². The first kappa shape index (κ1) is 11.5. The summed E-state index contributed by atoms with van der Waals surface area (Å²) >= 11 is 0. The highest BCUT2D eigenvalue weighted by atomic mass is 16.5. The Balaban J connectivity index is 2.25. The largest absolute Gasteiger partial charge is 0.378 e. The summed E-state index contributed by atoms with van der Waals surface area (Å²) in [7, 11) is 0. The molecule has 1 heterocycles. The molecule has 0 atom stereocenters. The minimum atomic E-state index is 0.597. The summed E-state index contributed by atoms with van der Waals surface area (Å²) in [5.41, 5.74) is 4.14. The van der Waals surface area contributed by atoms with Crippen molar-refractivity contribution < 1.29 is 4.74 Å².